The fourth-order valence-electron chi connectivity index (χ4n) is 1.25. The molecule has 0 saturated carbocycles. The molecule has 0 atom stereocenters. The van der Waals surface area contributed by atoms with E-state index in [-0.39, 0.29) is 4.44 Å². The molecule has 0 saturated heterocycles. The van der Waals surface area contributed by atoms with Crippen LogP contribution in [0.15, 0.2) is 12.7 Å². The third kappa shape index (κ3) is 7.79. The van der Waals surface area contributed by atoms with Crippen molar-refractivity contribution in [2.75, 3.05) is 0 Å². The van der Waals surface area contributed by atoms with Crippen LogP contribution in [0.3, 0.4) is 0 Å². The molecule has 0 aromatic carbocycles. The topological polar surface area (TPSA) is 78.9 Å². The van der Waals surface area contributed by atoms with Crippen LogP contribution >= 0.6 is 0 Å². The average Bonchev–Trinajstić information content (AvgIpc) is 2.35. The van der Waals surface area contributed by atoms with Crippen molar-refractivity contribution in [2.45, 2.75) is 66.8 Å². The molecular formula is C18H32O6Sn. The molecular weight excluding hydrogens is 431 g/mol. The molecule has 0 N–H and O–H groups in total. The third-order valence-electron chi connectivity index (χ3n) is 2.98. The minimum absolute atomic E-state index is 0.0279. The minimum atomic E-state index is -4.90. The Hall–Kier alpha value is -1.05. The standard InChI is InChI=1S/3C5H10O2.C3H5.Sn/c3*1-5(2,3)4(6)7;1-3-2;/h3*1-3H3,(H,6,7);3H,1-2H2;/q;;;;+3/p-3. The van der Waals surface area contributed by atoms with Crippen molar-refractivity contribution < 1.29 is 23.6 Å². The molecule has 0 spiro atoms. The summed E-state index contributed by atoms with van der Waals surface area (Å²) in [6.45, 7) is 18.7. The molecule has 25 heavy (non-hydrogen) atoms. The van der Waals surface area contributed by atoms with Gasteiger partial charge in [0.25, 0.3) is 0 Å². The summed E-state index contributed by atoms with van der Waals surface area (Å²) in [7, 11) is 0. The van der Waals surface area contributed by atoms with Crippen molar-refractivity contribution in [1.82, 2.24) is 0 Å². The van der Waals surface area contributed by atoms with Gasteiger partial charge in [-0.25, -0.2) is 0 Å². The molecule has 0 aliphatic carbocycles. The molecule has 0 radical (unpaired) electrons. The Morgan fingerprint density at radius 2 is 0.960 bits per heavy atom. The van der Waals surface area contributed by atoms with Crippen molar-refractivity contribution in [3.63, 3.8) is 0 Å². The van der Waals surface area contributed by atoms with Gasteiger partial charge in [0.15, 0.2) is 0 Å². The number of hydrogen-bond acceptors (Lipinski definition) is 6. The molecule has 0 aliphatic heterocycles. The van der Waals surface area contributed by atoms with Crippen LogP contribution in [-0.4, -0.2) is 37.5 Å². The Bertz CT molecular complexity index is 462. The summed E-state index contributed by atoms with van der Waals surface area (Å²) in [5, 5.41) is 0. The molecule has 0 aromatic heterocycles. The van der Waals surface area contributed by atoms with E-state index in [1.807, 2.05) is 0 Å². The van der Waals surface area contributed by atoms with Crippen LogP contribution in [0.25, 0.3) is 0 Å². The summed E-state index contributed by atoms with van der Waals surface area (Å²) >= 11 is -4.90. The Labute approximate surface area is 156 Å². The molecule has 0 aromatic rings. The monoisotopic (exact) mass is 464 g/mol. The zero-order valence-corrected chi connectivity index (χ0v) is 19.8. The number of hydrogen-bond donors (Lipinski definition) is 0. The summed E-state index contributed by atoms with van der Waals surface area (Å²) < 4.78 is 16.8. The fraction of sp³-hybridized carbons (Fsp3) is 0.722. The number of rotatable bonds is 5. The molecule has 6 nitrogen and oxygen atoms in total. The molecule has 0 amide bonds. The first-order chi connectivity index (χ1) is 10.9. The first-order valence-electron chi connectivity index (χ1n) is 8.26. The Kier molecular flexibility index (Phi) is 7.76. The van der Waals surface area contributed by atoms with E-state index in [4.69, 9.17) is 9.22 Å². The van der Waals surface area contributed by atoms with Crippen LogP contribution in [0.4, 0.5) is 0 Å². The van der Waals surface area contributed by atoms with E-state index in [9.17, 15) is 14.4 Å². The van der Waals surface area contributed by atoms with Gasteiger partial charge in [0.2, 0.25) is 0 Å². The maximum atomic E-state index is 12.4. The maximum absolute atomic E-state index is 12.4. The number of carbonyl (C=O) groups is 3. The molecule has 0 bridgehead atoms. The van der Waals surface area contributed by atoms with E-state index in [0.717, 1.165) is 0 Å². The van der Waals surface area contributed by atoms with Crippen molar-refractivity contribution in [3.8, 4) is 0 Å². The van der Waals surface area contributed by atoms with Gasteiger partial charge in [-0.3, -0.25) is 0 Å². The predicted molar refractivity (Wildman–Crippen MR) is 97.4 cm³/mol. The molecule has 0 fully saturated rings. The van der Waals surface area contributed by atoms with E-state index < -0.39 is 53.8 Å². The van der Waals surface area contributed by atoms with E-state index in [1.165, 1.54) is 6.08 Å². The second-order valence-electron chi connectivity index (χ2n) is 9.09. The van der Waals surface area contributed by atoms with Crippen LogP contribution in [0.1, 0.15) is 62.3 Å². The molecule has 7 heteroatoms. The van der Waals surface area contributed by atoms with Crippen molar-refractivity contribution in [1.29, 1.82) is 0 Å². The van der Waals surface area contributed by atoms with Gasteiger partial charge < -0.3 is 0 Å². The molecule has 144 valence electrons. The van der Waals surface area contributed by atoms with Gasteiger partial charge in [0, 0.05) is 0 Å². The van der Waals surface area contributed by atoms with E-state index >= 15 is 0 Å². The summed E-state index contributed by atoms with van der Waals surface area (Å²) in [5.41, 5.74) is -2.48. The average molecular weight is 463 g/mol. The summed E-state index contributed by atoms with van der Waals surface area (Å²) in [6, 6.07) is 0. The number of carbonyl (C=O) groups excluding carboxylic acids is 3. The molecule has 0 unspecified atom stereocenters. The molecule has 0 heterocycles. The van der Waals surface area contributed by atoms with Crippen molar-refractivity contribution in [2.24, 2.45) is 16.2 Å². The predicted octanol–water partition coefficient (Wildman–Crippen LogP) is 3.88. The van der Waals surface area contributed by atoms with Crippen LogP contribution < -0.4 is 0 Å². The van der Waals surface area contributed by atoms with Crippen molar-refractivity contribution >= 4 is 37.5 Å². The van der Waals surface area contributed by atoms with Crippen LogP contribution in [0.5, 0.6) is 0 Å². The summed E-state index contributed by atoms with van der Waals surface area (Å²) in [6.07, 6.45) is 1.46. The first kappa shape index (κ1) is 23.9. The Morgan fingerprint density at radius 1 is 0.720 bits per heavy atom. The zero-order valence-electron chi connectivity index (χ0n) is 16.9. The van der Waals surface area contributed by atoms with E-state index in [0.29, 0.717) is 0 Å². The van der Waals surface area contributed by atoms with Gasteiger partial charge in [0.05, 0.1) is 0 Å². The second kappa shape index (κ2) is 8.10. The quantitative estimate of drug-likeness (QED) is 0.455. The second-order valence-corrected chi connectivity index (χ2v) is 15.9. The Balaban J connectivity index is 5.92. The fourth-order valence-corrected chi connectivity index (χ4v) is 8.37. The van der Waals surface area contributed by atoms with Crippen LogP contribution in [-0.2, 0) is 23.6 Å². The van der Waals surface area contributed by atoms with Gasteiger partial charge in [-0.15, -0.1) is 0 Å². The first-order valence-corrected chi connectivity index (χ1v) is 13.8. The number of allylic oxidation sites excluding steroid dienone is 1. The van der Waals surface area contributed by atoms with E-state index in [2.05, 4.69) is 6.58 Å². The van der Waals surface area contributed by atoms with Gasteiger partial charge in [-0.05, 0) is 0 Å². The molecule has 0 rings (SSSR count). The Morgan fingerprint density at radius 3 is 1.12 bits per heavy atom. The van der Waals surface area contributed by atoms with Crippen molar-refractivity contribution in [3.05, 3.63) is 12.7 Å². The zero-order chi connectivity index (χ0) is 20.3. The van der Waals surface area contributed by atoms with Gasteiger partial charge >= 0.3 is 157 Å². The van der Waals surface area contributed by atoms with Crippen LogP contribution in [0.2, 0.25) is 4.44 Å². The van der Waals surface area contributed by atoms with Crippen LogP contribution in [0, 0.1) is 16.2 Å². The SMILES string of the molecule is C=C[CH2][Sn]([O]C(=O)C(C)(C)C)([O]C(=O)C(C)(C)C)[O]C(=O)C(C)(C)C. The van der Waals surface area contributed by atoms with Gasteiger partial charge in [0.1, 0.15) is 0 Å². The van der Waals surface area contributed by atoms with E-state index in [1.54, 1.807) is 62.3 Å². The molecule has 0 aliphatic rings. The normalized spacial score (nSPS) is 13.0. The summed E-state index contributed by atoms with van der Waals surface area (Å²) in [4.78, 5) is 37.3. The third-order valence-corrected chi connectivity index (χ3v) is 9.48. The van der Waals surface area contributed by atoms with Gasteiger partial charge in [-0.1, -0.05) is 0 Å². The summed E-state index contributed by atoms with van der Waals surface area (Å²) in [5.74, 6) is -1.73. The van der Waals surface area contributed by atoms with Gasteiger partial charge in [-0.2, -0.15) is 0 Å².